The van der Waals surface area contributed by atoms with Gasteiger partial charge in [0.25, 0.3) is 0 Å². The Hall–Kier alpha value is -0.790. The van der Waals surface area contributed by atoms with Gasteiger partial charge in [0.05, 0.1) is 0 Å². The molecule has 2 nitrogen and oxygen atoms in total. The van der Waals surface area contributed by atoms with Gasteiger partial charge in [0, 0.05) is 5.57 Å². The summed E-state index contributed by atoms with van der Waals surface area (Å²) in [5, 5.41) is 8.80. The van der Waals surface area contributed by atoms with Crippen LogP contribution in [0.25, 0.3) is 0 Å². The zero-order valence-electron chi connectivity index (χ0n) is 9.12. The molecule has 0 aromatic rings. The van der Waals surface area contributed by atoms with Crippen LogP contribution in [0.15, 0.2) is 11.6 Å². The van der Waals surface area contributed by atoms with E-state index in [1.54, 1.807) is 6.92 Å². The zero-order chi connectivity index (χ0) is 10.6. The second-order valence-electron chi connectivity index (χ2n) is 4.27. The third kappa shape index (κ3) is 2.86. The molecule has 0 aromatic carbocycles. The lowest BCUT2D eigenvalue weighted by Crippen LogP contribution is -2.18. The van der Waals surface area contributed by atoms with Crippen molar-refractivity contribution in [1.29, 1.82) is 0 Å². The largest absolute Gasteiger partial charge is 0.478 e. The highest BCUT2D eigenvalue weighted by Gasteiger charge is 2.22. The van der Waals surface area contributed by atoms with Crippen LogP contribution in [0, 0.1) is 11.8 Å². The van der Waals surface area contributed by atoms with E-state index in [-0.39, 0.29) is 0 Å². The molecule has 14 heavy (non-hydrogen) atoms. The number of carboxylic acid groups (broad SMARTS) is 1. The van der Waals surface area contributed by atoms with Crippen molar-refractivity contribution in [2.24, 2.45) is 11.8 Å². The summed E-state index contributed by atoms with van der Waals surface area (Å²) in [7, 11) is 0. The standard InChI is InChI=1S/C12H20O2/c1-3-10-6-4-5-7-11(10)8-9(2)12(13)14/h8,10-11H,3-7H2,1-2H3,(H,13,14). The predicted octanol–water partition coefficient (Wildman–Crippen LogP) is 3.23. The summed E-state index contributed by atoms with van der Waals surface area (Å²) in [4.78, 5) is 10.7. The fraction of sp³-hybridized carbons (Fsp3) is 0.750. The van der Waals surface area contributed by atoms with Crippen molar-refractivity contribution in [3.8, 4) is 0 Å². The quantitative estimate of drug-likeness (QED) is 0.703. The molecule has 1 N–H and O–H groups in total. The Bertz CT molecular complexity index is 230. The van der Waals surface area contributed by atoms with Crippen LogP contribution in [0.3, 0.4) is 0 Å². The van der Waals surface area contributed by atoms with Gasteiger partial charge in [-0.05, 0) is 31.6 Å². The number of aliphatic carboxylic acids is 1. The summed E-state index contributed by atoms with van der Waals surface area (Å²) >= 11 is 0. The van der Waals surface area contributed by atoms with Gasteiger partial charge in [-0.3, -0.25) is 0 Å². The van der Waals surface area contributed by atoms with E-state index < -0.39 is 5.97 Å². The number of hydrogen-bond acceptors (Lipinski definition) is 1. The van der Waals surface area contributed by atoms with E-state index >= 15 is 0 Å². The molecule has 1 saturated carbocycles. The Morgan fingerprint density at radius 1 is 1.43 bits per heavy atom. The first-order chi connectivity index (χ1) is 6.65. The van der Waals surface area contributed by atoms with Crippen LogP contribution in [0.4, 0.5) is 0 Å². The van der Waals surface area contributed by atoms with E-state index in [1.807, 2.05) is 6.08 Å². The predicted molar refractivity (Wildman–Crippen MR) is 57.1 cm³/mol. The monoisotopic (exact) mass is 196 g/mol. The molecule has 0 aliphatic heterocycles. The number of allylic oxidation sites excluding steroid dienone is 1. The maximum Gasteiger partial charge on any atom is 0.330 e. The molecule has 0 bridgehead atoms. The van der Waals surface area contributed by atoms with Crippen LogP contribution in [-0.4, -0.2) is 11.1 Å². The van der Waals surface area contributed by atoms with Crippen molar-refractivity contribution >= 4 is 5.97 Å². The fourth-order valence-electron chi connectivity index (χ4n) is 2.36. The third-order valence-corrected chi connectivity index (χ3v) is 3.29. The van der Waals surface area contributed by atoms with E-state index in [1.165, 1.54) is 32.1 Å². The summed E-state index contributed by atoms with van der Waals surface area (Å²) in [6, 6.07) is 0. The van der Waals surface area contributed by atoms with Gasteiger partial charge in [-0.1, -0.05) is 32.3 Å². The summed E-state index contributed by atoms with van der Waals surface area (Å²) < 4.78 is 0. The van der Waals surface area contributed by atoms with E-state index in [4.69, 9.17) is 5.11 Å². The van der Waals surface area contributed by atoms with Crippen LogP contribution < -0.4 is 0 Å². The van der Waals surface area contributed by atoms with Gasteiger partial charge in [0.2, 0.25) is 0 Å². The first-order valence-electron chi connectivity index (χ1n) is 5.56. The lowest BCUT2D eigenvalue weighted by atomic mass is 9.77. The Morgan fingerprint density at radius 2 is 2.07 bits per heavy atom. The van der Waals surface area contributed by atoms with Crippen molar-refractivity contribution in [3.63, 3.8) is 0 Å². The Kier molecular flexibility index (Phi) is 4.18. The molecule has 2 atom stereocenters. The molecule has 0 saturated heterocycles. The minimum atomic E-state index is -0.773. The molecule has 1 fully saturated rings. The van der Waals surface area contributed by atoms with Gasteiger partial charge in [-0.25, -0.2) is 4.79 Å². The molecular weight excluding hydrogens is 176 g/mol. The Labute approximate surface area is 86.0 Å². The van der Waals surface area contributed by atoms with E-state index in [0.717, 1.165) is 0 Å². The minimum Gasteiger partial charge on any atom is -0.478 e. The molecule has 2 heteroatoms. The summed E-state index contributed by atoms with van der Waals surface area (Å²) in [6.07, 6.45) is 8.15. The average Bonchev–Trinajstić information content (AvgIpc) is 2.18. The van der Waals surface area contributed by atoms with E-state index in [0.29, 0.717) is 17.4 Å². The molecule has 1 aliphatic rings. The number of carbonyl (C=O) groups is 1. The van der Waals surface area contributed by atoms with Gasteiger partial charge in [-0.2, -0.15) is 0 Å². The minimum absolute atomic E-state index is 0.504. The number of hydrogen-bond donors (Lipinski definition) is 1. The average molecular weight is 196 g/mol. The molecule has 2 unspecified atom stereocenters. The fourth-order valence-corrected chi connectivity index (χ4v) is 2.36. The highest BCUT2D eigenvalue weighted by molar-refractivity contribution is 5.85. The summed E-state index contributed by atoms with van der Waals surface area (Å²) in [6.45, 7) is 3.90. The van der Waals surface area contributed by atoms with Crippen LogP contribution in [0.5, 0.6) is 0 Å². The first-order valence-corrected chi connectivity index (χ1v) is 5.56. The molecular formula is C12H20O2. The normalized spacial score (nSPS) is 28.9. The van der Waals surface area contributed by atoms with Crippen LogP contribution >= 0.6 is 0 Å². The molecule has 0 amide bonds. The van der Waals surface area contributed by atoms with Gasteiger partial charge in [-0.15, -0.1) is 0 Å². The molecule has 0 spiro atoms. The van der Waals surface area contributed by atoms with Gasteiger partial charge < -0.3 is 5.11 Å². The molecule has 1 aliphatic carbocycles. The Balaban J connectivity index is 2.64. The topological polar surface area (TPSA) is 37.3 Å². The second kappa shape index (κ2) is 5.18. The van der Waals surface area contributed by atoms with E-state index in [2.05, 4.69) is 6.92 Å². The smallest absolute Gasteiger partial charge is 0.330 e. The maximum absolute atomic E-state index is 10.7. The van der Waals surface area contributed by atoms with Gasteiger partial charge in [0.15, 0.2) is 0 Å². The lowest BCUT2D eigenvalue weighted by Gasteiger charge is -2.28. The van der Waals surface area contributed by atoms with Crippen molar-refractivity contribution < 1.29 is 9.90 Å². The van der Waals surface area contributed by atoms with Crippen LogP contribution in [0.1, 0.15) is 46.0 Å². The highest BCUT2D eigenvalue weighted by Crippen LogP contribution is 2.33. The van der Waals surface area contributed by atoms with Crippen molar-refractivity contribution in [1.82, 2.24) is 0 Å². The second-order valence-corrected chi connectivity index (χ2v) is 4.27. The summed E-state index contributed by atoms with van der Waals surface area (Å²) in [5.74, 6) is 0.438. The van der Waals surface area contributed by atoms with E-state index in [9.17, 15) is 4.79 Å². The van der Waals surface area contributed by atoms with Gasteiger partial charge in [0.1, 0.15) is 0 Å². The number of carboxylic acids is 1. The highest BCUT2D eigenvalue weighted by atomic mass is 16.4. The maximum atomic E-state index is 10.7. The lowest BCUT2D eigenvalue weighted by molar-refractivity contribution is -0.132. The van der Waals surface area contributed by atoms with Crippen molar-refractivity contribution in [2.75, 3.05) is 0 Å². The SMILES string of the molecule is CCC1CCCCC1C=C(C)C(=O)O. The van der Waals surface area contributed by atoms with Gasteiger partial charge >= 0.3 is 5.97 Å². The third-order valence-electron chi connectivity index (χ3n) is 3.29. The van der Waals surface area contributed by atoms with Crippen LogP contribution in [0.2, 0.25) is 0 Å². The zero-order valence-corrected chi connectivity index (χ0v) is 9.12. The first kappa shape index (κ1) is 11.3. The molecule has 0 radical (unpaired) electrons. The van der Waals surface area contributed by atoms with Crippen LogP contribution in [-0.2, 0) is 4.79 Å². The molecule has 0 heterocycles. The summed E-state index contributed by atoms with van der Waals surface area (Å²) in [5.41, 5.74) is 0.510. The number of rotatable bonds is 3. The molecule has 1 rings (SSSR count). The molecule has 80 valence electrons. The molecule has 0 aromatic heterocycles. The Morgan fingerprint density at radius 3 is 2.64 bits per heavy atom. The van der Waals surface area contributed by atoms with Crippen molar-refractivity contribution in [3.05, 3.63) is 11.6 Å². The van der Waals surface area contributed by atoms with Crippen molar-refractivity contribution in [2.45, 2.75) is 46.0 Å².